The molecule has 3 heterocycles. The number of thiophene rings is 2. The molecule has 0 fully saturated rings. The van der Waals surface area contributed by atoms with Crippen molar-refractivity contribution < 1.29 is 5.11 Å². The highest BCUT2D eigenvalue weighted by Gasteiger charge is 2.10. The Kier molecular flexibility index (Phi) is 3.11. The van der Waals surface area contributed by atoms with Crippen LogP contribution in [0.1, 0.15) is 4.88 Å². The van der Waals surface area contributed by atoms with E-state index >= 15 is 0 Å². The third-order valence-corrected chi connectivity index (χ3v) is 4.57. The lowest BCUT2D eigenvalue weighted by Crippen LogP contribution is -1.98. The molecular formula is C12H9ClN2OS2. The molecular weight excluding hydrogens is 288 g/mol. The zero-order chi connectivity index (χ0) is 12.5. The van der Waals surface area contributed by atoms with Gasteiger partial charge in [-0.3, -0.25) is 0 Å². The van der Waals surface area contributed by atoms with Crippen LogP contribution in [-0.2, 0) is 6.54 Å². The van der Waals surface area contributed by atoms with E-state index in [-0.39, 0.29) is 5.75 Å². The molecule has 0 bridgehead atoms. The number of hydrogen-bond acceptors (Lipinski definition) is 5. The Labute approximate surface area is 117 Å². The maximum atomic E-state index is 9.68. The summed E-state index contributed by atoms with van der Waals surface area (Å²) in [6, 6.07) is 5.88. The Bertz CT molecular complexity index is 679. The normalized spacial score (nSPS) is 10.9. The lowest BCUT2D eigenvalue weighted by atomic mass is 10.3. The molecule has 0 atom stereocenters. The van der Waals surface area contributed by atoms with Gasteiger partial charge in [0.05, 0.1) is 10.4 Å². The van der Waals surface area contributed by atoms with Crippen LogP contribution in [0.2, 0.25) is 5.15 Å². The summed E-state index contributed by atoms with van der Waals surface area (Å²) in [6.45, 7) is 0.742. The lowest BCUT2D eigenvalue weighted by molar-refractivity contribution is 0.482. The maximum absolute atomic E-state index is 9.68. The predicted octanol–water partition coefficient (Wildman–Crippen LogP) is 4.33. The van der Waals surface area contributed by atoms with Crippen LogP contribution in [0.4, 0.5) is 5.69 Å². The summed E-state index contributed by atoms with van der Waals surface area (Å²) in [6.07, 6.45) is 0. The van der Waals surface area contributed by atoms with Gasteiger partial charge in [0, 0.05) is 22.9 Å². The fourth-order valence-electron chi connectivity index (χ4n) is 1.69. The van der Waals surface area contributed by atoms with Crippen molar-refractivity contribution in [2.24, 2.45) is 0 Å². The number of rotatable bonds is 3. The van der Waals surface area contributed by atoms with Crippen molar-refractivity contribution in [2.75, 3.05) is 5.32 Å². The molecule has 3 aromatic rings. The Morgan fingerprint density at radius 3 is 3.06 bits per heavy atom. The van der Waals surface area contributed by atoms with Crippen molar-refractivity contribution in [3.63, 3.8) is 0 Å². The van der Waals surface area contributed by atoms with Gasteiger partial charge in [-0.2, -0.15) is 0 Å². The van der Waals surface area contributed by atoms with Crippen molar-refractivity contribution in [1.82, 2.24) is 4.98 Å². The molecule has 0 saturated carbocycles. The van der Waals surface area contributed by atoms with Gasteiger partial charge in [0.15, 0.2) is 5.75 Å². The van der Waals surface area contributed by atoms with E-state index in [1.54, 1.807) is 22.8 Å². The quantitative estimate of drug-likeness (QED) is 0.707. The van der Waals surface area contributed by atoms with Crippen LogP contribution in [0.25, 0.3) is 10.2 Å². The topological polar surface area (TPSA) is 45.1 Å². The maximum Gasteiger partial charge on any atom is 0.152 e. The summed E-state index contributed by atoms with van der Waals surface area (Å²) in [5.74, 6) is 0.177. The summed E-state index contributed by atoms with van der Waals surface area (Å²) < 4.78 is 0.924. The third-order valence-electron chi connectivity index (χ3n) is 2.51. The van der Waals surface area contributed by atoms with Gasteiger partial charge in [-0.1, -0.05) is 17.7 Å². The molecule has 18 heavy (non-hydrogen) atoms. The van der Waals surface area contributed by atoms with Gasteiger partial charge in [-0.05, 0) is 11.4 Å². The van der Waals surface area contributed by atoms with Crippen LogP contribution < -0.4 is 5.32 Å². The van der Waals surface area contributed by atoms with Crippen molar-refractivity contribution in [2.45, 2.75) is 6.54 Å². The number of halogens is 1. The van der Waals surface area contributed by atoms with E-state index in [1.807, 2.05) is 11.4 Å². The highest BCUT2D eigenvalue weighted by Crippen LogP contribution is 2.36. The molecule has 3 aromatic heterocycles. The monoisotopic (exact) mass is 296 g/mol. The highest BCUT2D eigenvalue weighted by atomic mass is 35.5. The van der Waals surface area contributed by atoms with Gasteiger partial charge >= 0.3 is 0 Å². The average molecular weight is 297 g/mol. The van der Waals surface area contributed by atoms with Gasteiger partial charge in [0.2, 0.25) is 0 Å². The van der Waals surface area contributed by atoms with Gasteiger partial charge in [0.1, 0.15) is 10.7 Å². The Morgan fingerprint density at radius 1 is 1.39 bits per heavy atom. The van der Waals surface area contributed by atoms with Crippen LogP contribution in [-0.4, -0.2) is 10.1 Å². The molecule has 3 rings (SSSR count). The summed E-state index contributed by atoms with van der Waals surface area (Å²) in [4.78, 5) is 5.38. The van der Waals surface area contributed by atoms with Crippen LogP contribution in [0.5, 0.6) is 5.75 Å². The summed E-state index contributed by atoms with van der Waals surface area (Å²) >= 11 is 9.11. The first-order chi connectivity index (χ1) is 8.74. The molecule has 3 nitrogen and oxygen atoms in total. The zero-order valence-electron chi connectivity index (χ0n) is 9.18. The van der Waals surface area contributed by atoms with Gasteiger partial charge in [-0.25, -0.2) is 4.98 Å². The van der Waals surface area contributed by atoms with E-state index in [0.29, 0.717) is 10.7 Å². The Morgan fingerprint density at radius 2 is 2.28 bits per heavy atom. The molecule has 92 valence electrons. The first-order valence-corrected chi connectivity index (χ1v) is 7.41. The molecule has 6 heteroatoms. The molecule has 0 radical (unpaired) electrons. The van der Waals surface area contributed by atoms with E-state index < -0.39 is 0 Å². The van der Waals surface area contributed by atoms with Crippen molar-refractivity contribution in [3.8, 4) is 5.75 Å². The molecule has 0 aliphatic rings. The summed E-state index contributed by atoms with van der Waals surface area (Å²) in [7, 11) is 0. The fraction of sp³-hybridized carbons (Fsp3) is 0.0833. The SMILES string of the molecule is Oc1csc2c(NCc3cccs3)cc(Cl)nc12. The molecule has 0 aliphatic carbocycles. The van der Waals surface area contributed by atoms with E-state index in [2.05, 4.69) is 16.4 Å². The number of aromatic nitrogens is 1. The molecule has 0 amide bonds. The van der Waals surface area contributed by atoms with Crippen LogP contribution in [0.15, 0.2) is 29.0 Å². The largest absolute Gasteiger partial charge is 0.505 e. The standard InChI is InChI=1S/C12H9ClN2OS2/c13-10-4-8(14-5-7-2-1-3-17-7)12-11(15-10)9(16)6-18-12/h1-4,6,16H,5H2,(H,14,15). The molecule has 0 unspecified atom stereocenters. The molecule has 0 spiro atoms. The number of aromatic hydroxyl groups is 1. The second-order valence-corrected chi connectivity index (χ2v) is 6.02. The minimum absolute atomic E-state index is 0.177. The average Bonchev–Trinajstić information content (AvgIpc) is 2.97. The second-order valence-electron chi connectivity index (χ2n) is 3.72. The van der Waals surface area contributed by atoms with E-state index in [1.165, 1.54) is 16.2 Å². The molecule has 0 aliphatic heterocycles. The first kappa shape index (κ1) is 11.8. The van der Waals surface area contributed by atoms with Crippen LogP contribution >= 0.6 is 34.3 Å². The number of pyridine rings is 1. The summed E-state index contributed by atoms with van der Waals surface area (Å²) in [5.41, 5.74) is 1.46. The van der Waals surface area contributed by atoms with E-state index in [4.69, 9.17) is 11.6 Å². The third kappa shape index (κ3) is 2.16. The number of hydrogen-bond donors (Lipinski definition) is 2. The molecule has 0 aromatic carbocycles. The van der Waals surface area contributed by atoms with E-state index in [9.17, 15) is 5.11 Å². The van der Waals surface area contributed by atoms with Crippen molar-refractivity contribution >= 4 is 50.2 Å². The van der Waals surface area contributed by atoms with Crippen molar-refractivity contribution in [3.05, 3.63) is 39.0 Å². The predicted molar refractivity (Wildman–Crippen MR) is 77.9 cm³/mol. The first-order valence-electron chi connectivity index (χ1n) is 5.27. The van der Waals surface area contributed by atoms with Crippen molar-refractivity contribution in [1.29, 1.82) is 0 Å². The highest BCUT2D eigenvalue weighted by molar-refractivity contribution is 7.18. The fourth-order valence-corrected chi connectivity index (χ4v) is 3.39. The van der Waals surface area contributed by atoms with Crippen LogP contribution in [0.3, 0.4) is 0 Å². The minimum Gasteiger partial charge on any atom is -0.505 e. The van der Waals surface area contributed by atoms with Gasteiger partial charge in [-0.15, -0.1) is 22.7 Å². The number of anilines is 1. The van der Waals surface area contributed by atoms with E-state index in [0.717, 1.165) is 16.9 Å². The molecule has 0 saturated heterocycles. The minimum atomic E-state index is 0.177. The molecule has 2 N–H and O–H groups in total. The van der Waals surface area contributed by atoms with Gasteiger partial charge < -0.3 is 10.4 Å². The van der Waals surface area contributed by atoms with Crippen LogP contribution in [0, 0.1) is 0 Å². The smallest absolute Gasteiger partial charge is 0.152 e. The number of nitrogens with zero attached hydrogens (tertiary/aromatic N) is 1. The Hall–Kier alpha value is -1.30. The lowest BCUT2D eigenvalue weighted by Gasteiger charge is -2.06. The number of nitrogens with one attached hydrogen (secondary N) is 1. The number of fused-ring (bicyclic) bond motifs is 1. The zero-order valence-corrected chi connectivity index (χ0v) is 11.6. The Balaban J connectivity index is 1.95. The van der Waals surface area contributed by atoms with Gasteiger partial charge in [0.25, 0.3) is 0 Å². The second kappa shape index (κ2) is 4.76. The summed E-state index contributed by atoms with van der Waals surface area (Å²) in [5, 5.41) is 17.1.